The molecule has 0 aliphatic rings. The summed E-state index contributed by atoms with van der Waals surface area (Å²) in [5, 5.41) is 8.84. The molecular weight excluding hydrogens is 762 g/mol. The monoisotopic (exact) mass is 780 g/mol. The van der Waals surface area contributed by atoms with Crippen LogP contribution in [0, 0.1) is 13.0 Å². The number of amides is 1. The van der Waals surface area contributed by atoms with Crippen molar-refractivity contribution >= 4 is 79.5 Å². The van der Waals surface area contributed by atoms with Crippen LogP contribution in [0.5, 0.6) is 5.75 Å². The molecule has 0 spiro atoms. The molecular formula is C26H18F4I2N4O2S. The topological polar surface area (TPSA) is 75.6 Å². The SMILES string of the molecule is O=C(Cc1csc(Nc2cccc(C(F)(F)F)c2)n1)N/N=C\c1cc(I)c(OCc2cccc(F)c2)c(I)c1. The molecule has 6 nitrogen and oxygen atoms in total. The summed E-state index contributed by atoms with van der Waals surface area (Å²) in [4.78, 5) is 16.6. The van der Waals surface area contributed by atoms with E-state index in [9.17, 15) is 22.4 Å². The average Bonchev–Trinajstić information content (AvgIpc) is 3.29. The van der Waals surface area contributed by atoms with Gasteiger partial charge in [-0.05, 0) is 98.8 Å². The number of carbonyl (C=O) groups is 1. The highest BCUT2D eigenvalue weighted by Crippen LogP contribution is 2.32. The summed E-state index contributed by atoms with van der Waals surface area (Å²) in [7, 11) is 0. The van der Waals surface area contributed by atoms with Gasteiger partial charge in [-0.25, -0.2) is 14.8 Å². The van der Waals surface area contributed by atoms with Crippen molar-refractivity contribution in [2.45, 2.75) is 19.2 Å². The molecule has 13 heteroatoms. The molecule has 0 atom stereocenters. The number of benzene rings is 3. The summed E-state index contributed by atoms with van der Waals surface area (Å²) in [6.45, 7) is 0.223. The van der Waals surface area contributed by atoms with Crippen molar-refractivity contribution in [2.24, 2.45) is 5.10 Å². The number of anilines is 2. The lowest BCUT2D eigenvalue weighted by atomic mass is 10.2. The summed E-state index contributed by atoms with van der Waals surface area (Å²) < 4.78 is 59.6. The lowest BCUT2D eigenvalue weighted by Gasteiger charge is -2.11. The highest BCUT2D eigenvalue weighted by molar-refractivity contribution is 14.1. The highest BCUT2D eigenvalue weighted by atomic mass is 127. The number of hydrogen-bond donors (Lipinski definition) is 2. The Bertz CT molecular complexity index is 1490. The van der Waals surface area contributed by atoms with Crippen LogP contribution in [0.15, 0.2) is 71.1 Å². The molecule has 202 valence electrons. The first-order valence-electron chi connectivity index (χ1n) is 11.1. The number of hydrazone groups is 1. The Morgan fingerprint density at radius 2 is 1.82 bits per heavy atom. The molecule has 1 amide bonds. The molecule has 0 fully saturated rings. The summed E-state index contributed by atoms with van der Waals surface area (Å²) >= 11 is 5.44. The Hall–Kier alpha value is -2.79. The summed E-state index contributed by atoms with van der Waals surface area (Å²) in [5.41, 5.74) is 3.83. The zero-order valence-corrected chi connectivity index (χ0v) is 24.9. The summed E-state index contributed by atoms with van der Waals surface area (Å²) in [5.74, 6) is -0.0579. The van der Waals surface area contributed by atoms with Gasteiger partial charge in [0.2, 0.25) is 5.91 Å². The van der Waals surface area contributed by atoms with E-state index < -0.39 is 17.6 Å². The zero-order chi connectivity index (χ0) is 28.0. The van der Waals surface area contributed by atoms with Crippen LogP contribution in [0.1, 0.15) is 22.4 Å². The average molecular weight is 780 g/mol. The maximum atomic E-state index is 13.4. The predicted octanol–water partition coefficient (Wildman–Crippen LogP) is 7.53. The van der Waals surface area contributed by atoms with Crippen LogP contribution in [0.4, 0.5) is 28.4 Å². The zero-order valence-electron chi connectivity index (χ0n) is 19.7. The largest absolute Gasteiger partial charge is 0.487 e. The first kappa shape index (κ1) is 29.2. The van der Waals surface area contributed by atoms with Gasteiger partial charge in [0.15, 0.2) is 5.13 Å². The molecule has 1 aromatic heterocycles. The van der Waals surface area contributed by atoms with E-state index in [0.717, 1.165) is 24.8 Å². The lowest BCUT2D eigenvalue weighted by Crippen LogP contribution is -2.20. The minimum absolute atomic E-state index is 0.0555. The van der Waals surface area contributed by atoms with Gasteiger partial charge < -0.3 is 10.1 Å². The van der Waals surface area contributed by atoms with Crippen molar-refractivity contribution in [3.63, 3.8) is 0 Å². The molecule has 1 heterocycles. The molecule has 0 saturated carbocycles. The van der Waals surface area contributed by atoms with Crippen LogP contribution in [-0.2, 0) is 24.0 Å². The Balaban J connectivity index is 1.30. The van der Waals surface area contributed by atoms with Gasteiger partial charge in [0.1, 0.15) is 18.2 Å². The van der Waals surface area contributed by atoms with Crippen molar-refractivity contribution in [1.29, 1.82) is 0 Å². The number of ether oxygens (including phenoxy) is 1. The van der Waals surface area contributed by atoms with Gasteiger partial charge in [0, 0.05) is 11.1 Å². The predicted molar refractivity (Wildman–Crippen MR) is 159 cm³/mol. The van der Waals surface area contributed by atoms with Gasteiger partial charge in [-0.1, -0.05) is 18.2 Å². The van der Waals surface area contributed by atoms with E-state index in [1.165, 1.54) is 41.8 Å². The molecule has 39 heavy (non-hydrogen) atoms. The smallest absolute Gasteiger partial charge is 0.416 e. The minimum atomic E-state index is -4.44. The fourth-order valence-electron chi connectivity index (χ4n) is 3.30. The van der Waals surface area contributed by atoms with Crippen LogP contribution >= 0.6 is 56.5 Å². The maximum Gasteiger partial charge on any atom is 0.416 e. The van der Waals surface area contributed by atoms with E-state index in [4.69, 9.17) is 4.74 Å². The van der Waals surface area contributed by atoms with E-state index in [1.807, 2.05) is 12.1 Å². The third kappa shape index (κ3) is 8.60. The van der Waals surface area contributed by atoms with E-state index in [1.54, 1.807) is 17.5 Å². The molecule has 0 aliphatic carbocycles. The van der Waals surface area contributed by atoms with E-state index in [2.05, 4.69) is 66.0 Å². The molecule has 0 aliphatic heterocycles. The first-order valence-corrected chi connectivity index (χ1v) is 14.2. The molecule has 0 saturated heterocycles. The third-order valence-electron chi connectivity index (χ3n) is 5.03. The fourth-order valence-corrected chi connectivity index (χ4v) is 6.16. The Kier molecular flexibility index (Phi) is 9.76. The quantitative estimate of drug-likeness (QED) is 0.0798. The number of alkyl halides is 3. The van der Waals surface area contributed by atoms with Gasteiger partial charge in [-0.2, -0.15) is 18.3 Å². The van der Waals surface area contributed by atoms with Crippen LogP contribution in [0.2, 0.25) is 0 Å². The van der Waals surface area contributed by atoms with Gasteiger partial charge in [-0.3, -0.25) is 4.79 Å². The van der Waals surface area contributed by atoms with Crippen LogP contribution in [0.25, 0.3) is 0 Å². The second kappa shape index (κ2) is 13.0. The molecule has 0 radical (unpaired) electrons. The van der Waals surface area contributed by atoms with Crippen LogP contribution in [0.3, 0.4) is 0 Å². The normalized spacial score (nSPS) is 11.5. The van der Waals surface area contributed by atoms with Gasteiger partial charge in [-0.15, -0.1) is 11.3 Å². The molecule has 4 aromatic rings. The Morgan fingerprint density at radius 3 is 2.54 bits per heavy atom. The Labute approximate surface area is 252 Å². The number of halogens is 6. The van der Waals surface area contributed by atoms with E-state index >= 15 is 0 Å². The van der Waals surface area contributed by atoms with Crippen molar-refractivity contribution in [1.82, 2.24) is 10.4 Å². The van der Waals surface area contributed by atoms with Crippen LogP contribution < -0.4 is 15.5 Å². The number of carbonyl (C=O) groups excluding carboxylic acids is 1. The lowest BCUT2D eigenvalue weighted by molar-refractivity contribution is -0.137. The van der Waals surface area contributed by atoms with Crippen LogP contribution in [-0.4, -0.2) is 17.1 Å². The molecule has 4 rings (SSSR count). The molecule has 0 unspecified atom stereocenters. The van der Waals surface area contributed by atoms with Gasteiger partial charge in [0.25, 0.3) is 0 Å². The highest BCUT2D eigenvalue weighted by Gasteiger charge is 2.30. The second-order valence-corrected chi connectivity index (χ2v) is 11.2. The van der Waals surface area contributed by atoms with Crippen molar-refractivity contribution in [2.75, 3.05) is 5.32 Å². The number of nitrogens with one attached hydrogen (secondary N) is 2. The number of nitrogens with zero attached hydrogens (tertiary/aromatic N) is 2. The third-order valence-corrected chi connectivity index (χ3v) is 7.44. The number of thiazole rings is 1. The Morgan fingerprint density at radius 1 is 1.08 bits per heavy atom. The molecule has 2 N–H and O–H groups in total. The van der Waals surface area contributed by atoms with Crippen molar-refractivity contribution < 1.29 is 27.1 Å². The first-order chi connectivity index (χ1) is 18.6. The van der Waals surface area contributed by atoms with Crippen molar-refractivity contribution in [3.05, 3.63) is 101 Å². The number of aromatic nitrogens is 1. The van der Waals surface area contributed by atoms with Gasteiger partial charge >= 0.3 is 6.18 Å². The maximum absolute atomic E-state index is 13.4. The molecule has 0 bridgehead atoms. The second-order valence-electron chi connectivity index (χ2n) is 8.05. The van der Waals surface area contributed by atoms with Gasteiger partial charge in [0.05, 0.1) is 31.0 Å². The summed E-state index contributed by atoms with van der Waals surface area (Å²) in [6, 6.07) is 14.7. The number of rotatable bonds is 9. The van der Waals surface area contributed by atoms with Crippen molar-refractivity contribution in [3.8, 4) is 5.75 Å². The van der Waals surface area contributed by atoms with E-state index in [0.29, 0.717) is 22.1 Å². The minimum Gasteiger partial charge on any atom is -0.487 e. The standard InChI is InChI=1S/C26H18F4I2N4O2S/c27-18-5-1-3-15(7-18)13-38-24-21(31)8-16(9-22(24)32)12-33-36-23(37)11-20-14-39-25(35-20)34-19-6-2-4-17(10-19)26(28,29)30/h1-10,12,14H,11,13H2,(H,34,35)(H,36,37)/b33-12-. The van der Waals surface area contributed by atoms with E-state index in [-0.39, 0.29) is 24.5 Å². The molecule has 3 aromatic carbocycles. The summed E-state index contributed by atoms with van der Waals surface area (Å²) in [6.07, 6.45) is -3.00. The number of hydrogen-bond acceptors (Lipinski definition) is 6. The fraction of sp³-hybridized carbons (Fsp3) is 0.115.